The third-order valence-electron chi connectivity index (χ3n) is 9.93. The number of terminal acetylenes is 1. The molecular weight excluding hydrogens is 576 g/mol. The zero-order valence-corrected chi connectivity index (χ0v) is 25.5. The van der Waals surface area contributed by atoms with Crippen molar-refractivity contribution in [2.24, 2.45) is 5.41 Å². The van der Waals surface area contributed by atoms with E-state index in [1.165, 1.54) is 24.3 Å². The maximum Gasteiger partial charge on any atom is 0.319 e. The monoisotopic (exact) mass is 613 g/mol. The molecule has 4 heterocycles. The fourth-order valence-electron chi connectivity index (χ4n) is 7.76. The van der Waals surface area contributed by atoms with Crippen molar-refractivity contribution in [2.45, 2.75) is 51.0 Å². The number of pyridine rings is 1. The lowest BCUT2D eigenvalue weighted by Gasteiger charge is -2.44. The standard InChI is InChI=1S/C35H37F2N5O3/c1-3-24-27(36)10-9-22-18-23(43)19-25(29(22)24)31-30(37)32-26(20-38-31)33(42-14-4-5-16-44-17-15-42)40-34(39-32)45-21-35-11-6-8-28(35)41(2)13-7-12-35/h1,9-10,18-20,28,43H,4-8,11-17,21H2,2H3. The largest absolute Gasteiger partial charge is 0.508 e. The highest BCUT2D eigenvalue weighted by atomic mass is 19.1. The summed E-state index contributed by atoms with van der Waals surface area (Å²) in [7, 11) is 2.19. The van der Waals surface area contributed by atoms with Crippen molar-refractivity contribution in [1.29, 1.82) is 0 Å². The quantitative estimate of drug-likeness (QED) is 0.272. The van der Waals surface area contributed by atoms with Gasteiger partial charge in [0.2, 0.25) is 0 Å². The van der Waals surface area contributed by atoms with Crippen molar-refractivity contribution >= 4 is 27.5 Å². The van der Waals surface area contributed by atoms with Gasteiger partial charge in [0, 0.05) is 48.3 Å². The number of hydrogen-bond acceptors (Lipinski definition) is 8. The van der Waals surface area contributed by atoms with Crippen LogP contribution in [0.2, 0.25) is 0 Å². The van der Waals surface area contributed by atoms with Crippen molar-refractivity contribution in [1.82, 2.24) is 19.9 Å². The number of hydrogen-bond donors (Lipinski definition) is 1. The molecule has 3 aliphatic rings. The maximum atomic E-state index is 16.8. The molecule has 2 aromatic carbocycles. The average Bonchev–Trinajstić information content (AvgIpc) is 3.46. The van der Waals surface area contributed by atoms with Crippen LogP contribution in [-0.4, -0.2) is 77.5 Å². The second-order valence-corrected chi connectivity index (χ2v) is 12.6. The van der Waals surface area contributed by atoms with Crippen LogP contribution in [0.1, 0.15) is 50.5 Å². The highest BCUT2D eigenvalue weighted by Crippen LogP contribution is 2.47. The van der Waals surface area contributed by atoms with Crippen LogP contribution in [0.25, 0.3) is 32.9 Å². The van der Waals surface area contributed by atoms with Crippen molar-refractivity contribution in [3.05, 3.63) is 47.7 Å². The van der Waals surface area contributed by atoms with Crippen LogP contribution in [0, 0.1) is 29.4 Å². The second-order valence-electron chi connectivity index (χ2n) is 12.6. The van der Waals surface area contributed by atoms with Crippen molar-refractivity contribution in [2.75, 3.05) is 51.4 Å². The number of likely N-dealkylation sites (tertiary alicyclic amines) is 1. The minimum atomic E-state index is -0.724. The van der Waals surface area contributed by atoms with Gasteiger partial charge in [-0.2, -0.15) is 9.97 Å². The second kappa shape index (κ2) is 12.0. The first kappa shape index (κ1) is 29.6. The summed E-state index contributed by atoms with van der Waals surface area (Å²) in [5.41, 5.74) is 0.106. The lowest BCUT2D eigenvalue weighted by atomic mass is 9.76. The van der Waals surface area contributed by atoms with E-state index in [-0.39, 0.29) is 39.5 Å². The first-order chi connectivity index (χ1) is 21.9. The fraction of sp³-hybridized carbons (Fsp3) is 0.457. The molecule has 234 valence electrons. The number of ether oxygens (including phenoxy) is 2. The molecular formula is C35H37F2N5O3. The summed E-state index contributed by atoms with van der Waals surface area (Å²) in [5, 5.41) is 11.7. The Morgan fingerprint density at radius 2 is 1.96 bits per heavy atom. The van der Waals surface area contributed by atoms with Crippen LogP contribution < -0.4 is 9.64 Å². The zero-order chi connectivity index (χ0) is 31.1. The van der Waals surface area contributed by atoms with Gasteiger partial charge in [0.25, 0.3) is 0 Å². The van der Waals surface area contributed by atoms with Gasteiger partial charge in [-0.15, -0.1) is 6.42 Å². The molecule has 0 radical (unpaired) electrons. The minimum absolute atomic E-state index is 0.0119. The molecule has 45 heavy (non-hydrogen) atoms. The molecule has 3 fully saturated rings. The topological polar surface area (TPSA) is 83.8 Å². The van der Waals surface area contributed by atoms with E-state index in [0.717, 1.165) is 58.0 Å². The molecule has 2 unspecified atom stereocenters. The maximum absolute atomic E-state index is 16.8. The van der Waals surface area contributed by atoms with Crippen LogP contribution in [0.5, 0.6) is 11.8 Å². The van der Waals surface area contributed by atoms with Gasteiger partial charge in [-0.25, -0.2) is 8.78 Å². The number of anilines is 1. The third kappa shape index (κ3) is 5.32. The molecule has 2 atom stereocenters. The SMILES string of the molecule is C#Cc1c(F)ccc2cc(O)cc(-c3ncc4c(N5CCCCOCC5)nc(OCC56CCCC5N(C)CCC6)nc4c3F)c12. The number of halogens is 2. The van der Waals surface area contributed by atoms with Gasteiger partial charge in [-0.1, -0.05) is 18.4 Å². The van der Waals surface area contributed by atoms with E-state index < -0.39 is 11.6 Å². The van der Waals surface area contributed by atoms with Crippen LogP contribution in [-0.2, 0) is 4.74 Å². The number of aromatic hydroxyl groups is 1. The van der Waals surface area contributed by atoms with Crippen LogP contribution >= 0.6 is 0 Å². The zero-order valence-electron chi connectivity index (χ0n) is 25.5. The smallest absolute Gasteiger partial charge is 0.319 e. The fourth-order valence-corrected chi connectivity index (χ4v) is 7.76. The Labute approximate surface area is 261 Å². The van der Waals surface area contributed by atoms with Crippen LogP contribution in [0.15, 0.2) is 30.5 Å². The van der Waals surface area contributed by atoms with Crippen molar-refractivity contribution in [3.63, 3.8) is 0 Å². The van der Waals surface area contributed by atoms with Crippen molar-refractivity contribution < 1.29 is 23.4 Å². The van der Waals surface area contributed by atoms with E-state index in [4.69, 9.17) is 20.9 Å². The Kier molecular flexibility index (Phi) is 7.92. The van der Waals surface area contributed by atoms with Gasteiger partial charge in [0.05, 0.1) is 24.2 Å². The Balaban J connectivity index is 1.37. The summed E-state index contributed by atoms with van der Waals surface area (Å²) in [5.74, 6) is 1.47. The van der Waals surface area contributed by atoms with E-state index in [0.29, 0.717) is 54.4 Å². The van der Waals surface area contributed by atoms with Gasteiger partial charge in [0.1, 0.15) is 28.6 Å². The molecule has 4 aromatic rings. The van der Waals surface area contributed by atoms with E-state index in [2.05, 4.69) is 32.7 Å². The van der Waals surface area contributed by atoms with E-state index in [1.807, 2.05) is 0 Å². The summed E-state index contributed by atoms with van der Waals surface area (Å²) in [6, 6.07) is 6.11. The molecule has 7 rings (SSSR count). The summed E-state index contributed by atoms with van der Waals surface area (Å²) in [6.45, 7) is 4.06. The molecule has 0 amide bonds. The number of fused-ring (bicyclic) bond motifs is 3. The van der Waals surface area contributed by atoms with Gasteiger partial charge in [-0.3, -0.25) is 4.98 Å². The van der Waals surface area contributed by atoms with Gasteiger partial charge < -0.3 is 24.4 Å². The number of aromatic nitrogens is 3. The highest BCUT2D eigenvalue weighted by Gasteiger charge is 2.47. The molecule has 2 aromatic heterocycles. The normalized spacial score (nSPS) is 22.6. The first-order valence-corrected chi connectivity index (χ1v) is 15.8. The number of nitrogens with zero attached hydrogens (tertiary/aromatic N) is 5. The molecule has 10 heteroatoms. The Hall–Kier alpha value is -4.07. The molecule has 2 saturated heterocycles. The van der Waals surface area contributed by atoms with Crippen molar-refractivity contribution in [3.8, 4) is 35.4 Å². The van der Waals surface area contributed by atoms with Crippen LogP contribution in [0.4, 0.5) is 14.6 Å². The lowest BCUT2D eigenvalue weighted by molar-refractivity contribution is 0.0133. The molecule has 2 aliphatic heterocycles. The number of rotatable bonds is 5. The van der Waals surface area contributed by atoms with Gasteiger partial charge >= 0.3 is 6.01 Å². The predicted octanol–water partition coefficient (Wildman–Crippen LogP) is 6.07. The molecule has 1 aliphatic carbocycles. The number of phenolic OH excluding ortho intramolecular Hbond substituents is 1. The molecule has 0 bridgehead atoms. The Bertz CT molecular complexity index is 1800. The lowest BCUT2D eigenvalue weighted by Crippen LogP contribution is -2.50. The van der Waals surface area contributed by atoms with E-state index in [1.54, 1.807) is 6.20 Å². The highest BCUT2D eigenvalue weighted by molar-refractivity contribution is 6.03. The average molecular weight is 614 g/mol. The Morgan fingerprint density at radius 3 is 2.82 bits per heavy atom. The number of piperidine rings is 1. The third-order valence-corrected chi connectivity index (χ3v) is 9.93. The van der Waals surface area contributed by atoms with Gasteiger partial charge in [-0.05, 0) is 75.7 Å². The summed E-state index contributed by atoms with van der Waals surface area (Å²) < 4.78 is 43.8. The summed E-state index contributed by atoms with van der Waals surface area (Å²) in [6.07, 6.45) is 14.6. The molecule has 1 N–H and O–H groups in total. The molecule has 8 nitrogen and oxygen atoms in total. The minimum Gasteiger partial charge on any atom is -0.508 e. The predicted molar refractivity (Wildman–Crippen MR) is 169 cm³/mol. The Morgan fingerprint density at radius 1 is 1.09 bits per heavy atom. The number of phenols is 1. The van der Waals surface area contributed by atoms with E-state index >= 15 is 4.39 Å². The van der Waals surface area contributed by atoms with Crippen LogP contribution in [0.3, 0.4) is 0 Å². The summed E-state index contributed by atoms with van der Waals surface area (Å²) in [4.78, 5) is 18.5. The first-order valence-electron chi connectivity index (χ1n) is 15.8. The number of benzene rings is 2. The molecule has 1 saturated carbocycles. The summed E-state index contributed by atoms with van der Waals surface area (Å²) >= 11 is 0. The molecule has 0 spiro atoms. The van der Waals surface area contributed by atoms with E-state index in [9.17, 15) is 9.50 Å². The van der Waals surface area contributed by atoms with Gasteiger partial charge in [0.15, 0.2) is 5.82 Å².